The lowest BCUT2D eigenvalue weighted by molar-refractivity contribution is 0.0988. The average Bonchev–Trinajstić information content (AvgIpc) is 3.32. The Labute approximate surface area is 158 Å². The minimum Gasteiger partial charge on any atom is -0.307 e. The van der Waals surface area contributed by atoms with Crippen molar-refractivity contribution in [3.05, 3.63) is 45.6 Å². The van der Waals surface area contributed by atoms with Gasteiger partial charge in [-0.1, -0.05) is 0 Å². The van der Waals surface area contributed by atoms with Gasteiger partial charge in [-0.25, -0.2) is 8.42 Å². The van der Waals surface area contributed by atoms with Crippen molar-refractivity contribution in [2.45, 2.75) is 37.5 Å². The van der Waals surface area contributed by atoms with E-state index in [1.54, 1.807) is 27.4 Å². The maximum Gasteiger partial charge on any atom is 0.268 e. The summed E-state index contributed by atoms with van der Waals surface area (Å²) in [6.45, 7) is 3.81. The third-order valence-corrected chi connectivity index (χ3v) is 8.07. The minimum atomic E-state index is -3.43. The zero-order valence-electron chi connectivity index (χ0n) is 14.8. The van der Waals surface area contributed by atoms with Crippen LogP contribution in [0.25, 0.3) is 0 Å². The molecule has 0 radical (unpaired) electrons. The molecule has 1 amide bonds. The fourth-order valence-corrected chi connectivity index (χ4v) is 6.18. The van der Waals surface area contributed by atoms with Gasteiger partial charge in [-0.15, -0.1) is 11.3 Å². The van der Waals surface area contributed by atoms with Gasteiger partial charge in [0.15, 0.2) is 0 Å². The zero-order valence-corrected chi connectivity index (χ0v) is 16.4. The molecular formula is C19H22N2O3S2. The first-order valence-corrected chi connectivity index (χ1v) is 11.3. The number of anilines is 1. The van der Waals surface area contributed by atoms with Crippen molar-refractivity contribution in [2.24, 2.45) is 0 Å². The van der Waals surface area contributed by atoms with Crippen molar-refractivity contribution in [3.63, 3.8) is 0 Å². The Kier molecular flexibility index (Phi) is 4.62. The quantitative estimate of drug-likeness (QED) is 0.807. The van der Waals surface area contributed by atoms with E-state index in [1.807, 2.05) is 18.4 Å². The molecule has 0 saturated carbocycles. The Balaban J connectivity index is 1.68. The SMILES string of the molecule is Cc1ccsc1C(=O)N1CCCc2cc(S(=O)(=O)N3CCCC3)ccc21. The van der Waals surface area contributed by atoms with E-state index >= 15 is 0 Å². The number of amides is 1. The van der Waals surface area contributed by atoms with E-state index < -0.39 is 10.0 Å². The summed E-state index contributed by atoms with van der Waals surface area (Å²) < 4.78 is 27.2. The number of carbonyl (C=O) groups is 1. The highest BCUT2D eigenvalue weighted by Gasteiger charge is 2.30. The van der Waals surface area contributed by atoms with Crippen LogP contribution in [0.5, 0.6) is 0 Å². The van der Waals surface area contributed by atoms with Crippen molar-refractivity contribution >= 4 is 33.0 Å². The number of fused-ring (bicyclic) bond motifs is 1. The van der Waals surface area contributed by atoms with Crippen LogP contribution in [0.1, 0.15) is 40.1 Å². The molecule has 2 aliphatic rings. The van der Waals surface area contributed by atoms with Gasteiger partial charge in [-0.2, -0.15) is 4.31 Å². The fourth-order valence-electron chi connectivity index (χ4n) is 3.74. The number of benzene rings is 1. The van der Waals surface area contributed by atoms with Gasteiger partial charge in [0.2, 0.25) is 10.0 Å². The van der Waals surface area contributed by atoms with E-state index in [0.29, 0.717) is 24.5 Å². The van der Waals surface area contributed by atoms with E-state index in [0.717, 1.165) is 47.4 Å². The number of carbonyl (C=O) groups excluding carboxylic acids is 1. The van der Waals surface area contributed by atoms with E-state index in [9.17, 15) is 13.2 Å². The maximum atomic E-state index is 12.9. The van der Waals surface area contributed by atoms with Crippen LogP contribution in [-0.2, 0) is 16.4 Å². The smallest absolute Gasteiger partial charge is 0.268 e. The van der Waals surface area contributed by atoms with Crippen LogP contribution < -0.4 is 4.90 Å². The summed E-state index contributed by atoms with van der Waals surface area (Å²) in [6, 6.07) is 7.18. The summed E-state index contributed by atoms with van der Waals surface area (Å²) in [5, 5.41) is 1.93. The number of rotatable bonds is 3. The number of hydrogen-bond donors (Lipinski definition) is 0. The van der Waals surface area contributed by atoms with Crippen molar-refractivity contribution in [3.8, 4) is 0 Å². The van der Waals surface area contributed by atoms with Gasteiger partial charge in [0.1, 0.15) is 0 Å². The Morgan fingerprint density at radius 3 is 2.54 bits per heavy atom. The number of sulfonamides is 1. The Hall–Kier alpha value is -1.70. The van der Waals surface area contributed by atoms with Crippen molar-refractivity contribution in [1.82, 2.24) is 4.31 Å². The number of thiophene rings is 1. The van der Waals surface area contributed by atoms with Crippen LogP contribution in [-0.4, -0.2) is 38.3 Å². The molecule has 0 spiro atoms. The molecule has 2 aliphatic heterocycles. The van der Waals surface area contributed by atoms with Crippen molar-refractivity contribution in [2.75, 3.05) is 24.5 Å². The van der Waals surface area contributed by atoms with E-state index in [-0.39, 0.29) is 5.91 Å². The molecule has 138 valence electrons. The highest BCUT2D eigenvalue weighted by atomic mass is 32.2. The molecule has 4 rings (SSSR count). The first kappa shape index (κ1) is 17.7. The lowest BCUT2D eigenvalue weighted by Gasteiger charge is -2.30. The Morgan fingerprint density at radius 1 is 1.08 bits per heavy atom. The van der Waals surface area contributed by atoms with Gasteiger partial charge < -0.3 is 4.90 Å². The topological polar surface area (TPSA) is 57.7 Å². The van der Waals surface area contributed by atoms with Crippen molar-refractivity contribution in [1.29, 1.82) is 0 Å². The molecule has 0 unspecified atom stereocenters. The third kappa shape index (κ3) is 2.98. The van der Waals surface area contributed by atoms with Gasteiger partial charge >= 0.3 is 0 Å². The first-order valence-electron chi connectivity index (χ1n) is 8.97. The van der Waals surface area contributed by atoms with E-state index in [4.69, 9.17) is 0 Å². The van der Waals surface area contributed by atoms with Gasteiger partial charge in [0.05, 0.1) is 9.77 Å². The molecule has 2 aromatic rings. The van der Waals surface area contributed by atoms with Crippen LogP contribution in [0.3, 0.4) is 0 Å². The highest BCUT2D eigenvalue weighted by molar-refractivity contribution is 7.89. The summed E-state index contributed by atoms with van der Waals surface area (Å²) in [6.07, 6.45) is 3.49. The lowest BCUT2D eigenvalue weighted by atomic mass is 10.0. The maximum absolute atomic E-state index is 12.9. The molecular weight excluding hydrogens is 368 g/mol. The van der Waals surface area contributed by atoms with E-state index in [2.05, 4.69) is 0 Å². The molecule has 0 aliphatic carbocycles. The molecule has 0 N–H and O–H groups in total. The number of aryl methyl sites for hydroxylation is 2. The molecule has 1 fully saturated rings. The average molecular weight is 391 g/mol. The second-order valence-electron chi connectivity index (χ2n) is 6.89. The van der Waals surface area contributed by atoms with Crippen LogP contribution in [0.2, 0.25) is 0 Å². The van der Waals surface area contributed by atoms with Gasteiger partial charge in [0.25, 0.3) is 5.91 Å². The fraction of sp³-hybridized carbons (Fsp3) is 0.421. The van der Waals surface area contributed by atoms with Gasteiger partial charge in [0, 0.05) is 25.3 Å². The zero-order chi connectivity index (χ0) is 18.3. The largest absolute Gasteiger partial charge is 0.307 e. The van der Waals surface area contributed by atoms with Crippen LogP contribution in [0.15, 0.2) is 34.5 Å². The van der Waals surface area contributed by atoms with Crippen molar-refractivity contribution < 1.29 is 13.2 Å². The molecule has 0 atom stereocenters. The molecule has 5 nitrogen and oxygen atoms in total. The Morgan fingerprint density at radius 2 is 1.85 bits per heavy atom. The van der Waals surface area contributed by atoms with Crippen LogP contribution in [0, 0.1) is 6.92 Å². The normalized spacial score (nSPS) is 18.1. The molecule has 3 heterocycles. The molecule has 1 saturated heterocycles. The summed E-state index contributed by atoms with van der Waals surface area (Å²) in [7, 11) is -3.43. The molecule has 1 aromatic heterocycles. The lowest BCUT2D eigenvalue weighted by Crippen LogP contribution is -2.35. The predicted octanol–water partition coefficient (Wildman–Crippen LogP) is 3.43. The summed E-state index contributed by atoms with van der Waals surface area (Å²) in [5.41, 5.74) is 2.77. The monoisotopic (exact) mass is 390 g/mol. The van der Waals surface area contributed by atoms with E-state index in [1.165, 1.54) is 11.3 Å². The van der Waals surface area contributed by atoms with Gasteiger partial charge in [-0.3, -0.25) is 4.79 Å². The van der Waals surface area contributed by atoms with Crippen LogP contribution in [0.4, 0.5) is 5.69 Å². The first-order chi connectivity index (χ1) is 12.5. The standard InChI is InChI=1S/C19H22N2O3S2/c1-14-8-12-25-18(14)19(22)21-11-4-5-15-13-16(6-7-17(15)21)26(23,24)20-9-2-3-10-20/h6-8,12-13H,2-5,9-11H2,1H3. The summed E-state index contributed by atoms with van der Waals surface area (Å²) >= 11 is 1.46. The molecule has 26 heavy (non-hydrogen) atoms. The second-order valence-corrected chi connectivity index (χ2v) is 9.75. The van der Waals surface area contributed by atoms with Crippen LogP contribution >= 0.6 is 11.3 Å². The second kappa shape index (κ2) is 6.79. The number of nitrogens with zero attached hydrogens (tertiary/aromatic N) is 2. The summed E-state index contributed by atoms with van der Waals surface area (Å²) in [5.74, 6) is 0.00796. The van der Waals surface area contributed by atoms with Gasteiger partial charge in [-0.05, 0) is 73.4 Å². The highest BCUT2D eigenvalue weighted by Crippen LogP contribution is 2.33. The third-order valence-electron chi connectivity index (χ3n) is 5.17. The number of hydrogen-bond acceptors (Lipinski definition) is 4. The summed E-state index contributed by atoms with van der Waals surface area (Å²) in [4.78, 5) is 15.8. The molecule has 0 bridgehead atoms. The minimum absolute atomic E-state index is 0.00796. The molecule has 7 heteroatoms. The Bertz CT molecular complexity index is 943. The molecule has 1 aromatic carbocycles. The predicted molar refractivity (Wildman–Crippen MR) is 103 cm³/mol.